The monoisotopic (exact) mass is 459 g/mol. The van der Waals surface area contributed by atoms with Crippen LogP contribution in [0.4, 0.5) is 5.69 Å². The molecule has 0 atom stereocenters. The third-order valence-electron chi connectivity index (χ3n) is 4.11. The summed E-state index contributed by atoms with van der Waals surface area (Å²) in [5, 5.41) is 2.80. The van der Waals surface area contributed by atoms with Crippen molar-refractivity contribution < 1.29 is 17.9 Å². The number of benzene rings is 2. The van der Waals surface area contributed by atoms with Crippen molar-refractivity contribution in [1.29, 1.82) is 0 Å². The first-order valence-electron chi connectivity index (χ1n) is 9.50. The molecule has 1 aromatic heterocycles. The zero-order chi connectivity index (χ0) is 22.4. The number of anilines is 1. The number of rotatable bonds is 8. The number of ether oxygens (including phenoxy) is 1. The number of hydrogen-bond acceptors (Lipinski definition) is 5. The fraction of sp³-hybridized carbons (Fsp3) is 0.182. The standard InChI is InChI=1S/C22H22ClN3O4S/c1-15(2)26-31(28,29)18-9-10-20(23)19(12-18)22(27)25-17-8-11-21(24-13-17)30-14-16-6-4-3-5-7-16/h3-13,15,26H,14H2,1-2H3,(H,25,27). The normalized spacial score (nSPS) is 11.4. The molecule has 9 heteroatoms. The van der Waals surface area contributed by atoms with Gasteiger partial charge in [-0.05, 0) is 43.7 Å². The number of nitrogens with one attached hydrogen (secondary N) is 2. The summed E-state index contributed by atoms with van der Waals surface area (Å²) in [5.41, 5.74) is 1.47. The first kappa shape index (κ1) is 22.7. The van der Waals surface area contributed by atoms with Crippen LogP contribution < -0.4 is 14.8 Å². The van der Waals surface area contributed by atoms with Crippen molar-refractivity contribution in [2.45, 2.75) is 31.4 Å². The third-order valence-corrected chi connectivity index (χ3v) is 6.09. The highest BCUT2D eigenvalue weighted by atomic mass is 35.5. The van der Waals surface area contributed by atoms with E-state index in [1.807, 2.05) is 30.3 Å². The Bertz CT molecular complexity index is 1150. The Hall–Kier alpha value is -2.94. The van der Waals surface area contributed by atoms with Gasteiger partial charge in [0.05, 0.1) is 27.4 Å². The Morgan fingerprint density at radius 2 is 1.84 bits per heavy atom. The fourth-order valence-electron chi connectivity index (χ4n) is 2.69. The van der Waals surface area contributed by atoms with Gasteiger partial charge in [0.2, 0.25) is 15.9 Å². The molecule has 2 N–H and O–H groups in total. The van der Waals surface area contributed by atoms with Gasteiger partial charge in [-0.1, -0.05) is 41.9 Å². The minimum atomic E-state index is -3.76. The molecule has 0 aliphatic heterocycles. The van der Waals surface area contributed by atoms with Gasteiger partial charge in [-0.15, -0.1) is 0 Å². The van der Waals surface area contributed by atoms with E-state index in [0.717, 1.165) is 5.56 Å². The van der Waals surface area contributed by atoms with E-state index >= 15 is 0 Å². The average molecular weight is 460 g/mol. The summed E-state index contributed by atoms with van der Waals surface area (Å²) in [7, 11) is -3.76. The molecule has 0 aliphatic carbocycles. The van der Waals surface area contributed by atoms with Gasteiger partial charge in [-0.25, -0.2) is 18.1 Å². The Morgan fingerprint density at radius 3 is 2.48 bits per heavy atom. The largest absolute Gasteiger partial charge is 0.473 e. The number of halogens is 1. The van der Waals surface area contributed by atoms with Gasteiger partial charge in [0, 0.05) is 12.1 Å². The maximum Gasteiger partial charge on any atom is 0.257 e. The molecule has 0 unspecified atom stereocenters. The van der Waals surface area contributed by atoms with Crippen molar-refractivity contribution in [2.75, 3.05) is 5.32 Å². The van der Waals surface area contributed by atoms with Crippen LogP contribution in [0, 0.1) is 0 Å². The molecule has 31 heavy (non-hydrogen) atoms. The van der Waals surface area contributed by atoms with E-state index < -0.39 is 15.9 Å². The van der Waals surface area contributed by atoms with Crippen molar-refractivity contribution in [3.05, 3.63) is 83.0 Å². The van der Waals surface area contributed by atoms with Crippen LogP contribution in [0.15, 0.2) is 71.8 Å². The average Bonchev–Trinajstić information content (AvgIpc) is 2.73. The van der Waals surface area contributed by atoms with E-state index in [9.17, 15) is 13.2 Å². The van der Waals surface area contributed by atoms with Gasteiger partial charge in [-0.2, -0.15) is 0 Å². The maximum absolute atomic E-state index is 12.7. The van der Waals surface area contributed by atoms with Gasteiger partial charge in [-0.3, -0.25) is 4.79 Å². The molecular weight excluding hydrogens is 438 g/mol. The molecule has 1 heterocycles. The minimum absolute atomic E-state index is 0.0395. The zero-order valence-electron chi connectivity index (χ0n) is 17.0. The number of carbonyl (C=O) groups is 1. The number of sulfonamides is 1. The lowest BCUT2D eigenvalue weighted by Gasteiger charge is -2.12. The van der Waals surface area contributed by atoms with E-state index in [1.165, 1.54) is 24.4 Å². The van der Waals surface area contributed by atoms with E-state index in [1.54, 1.807) is 26.0 Å². The highest BCUT2D eigenvalue weighted by Crippen LogP contribution is 2.22. The Kier molecular flexibility index (Phi) is 7.27. The van der Waals surface area contributed by atoms with Crippen molar-refractivity contribution in [3.8, 4) is 5.88 Å². The number of hydrogen-bond donors (Lipinski definition) is 2. The smallest absolute Gasteiger partial charge is 0.257 e. The molecular formula is C22H22ClN3O4S. The molecule has 2 aromatic carbocycles. The van der Waals surface area contributed by atoms with Crippen LogP contribution in [0.5, 0.6) is 5.88 Å². The van der Waals surface area contributed by atoms with Crippen molar-refractivity contribution >= 4 is 33.2 Å². The molecule has 0 radical (unpaired) electrons. The summed E-state index contributed by atoms with van der Waals surface area (Å²) >= 11 is 6.13. The van der Waals surface area contributed by atoms with Crippen LogP contribution in [-0.4, -0.2) is 25.4 Å². The number of aromatic nitrogens is 1. The number of amides is 1. The first-order chi connectivity index (χ1) is 14.7. The predicted molar refractivity (Wildman–Crippen MR) is 120 cm³/mol. The SMILES string of the molecule is CC(C)NS(=O)(=O)c1ccc(Cl)c(C(=O)Nc2ccc(OCc3ccccc3)nc2)c1. The fourth-order valence-corrected chi connectivity index (χ4v) is 4.17. The van der Waals surface area contributed by atoms with Crippen molar-refractivity contribution in [2.24, 2.45) is 0 Å². The summed E-state index contributed by atoms with van der Waals surface area (Å²) in [6.07, 6.45) is 1.45. The van der Waals surface area contributed by atoms with E-state index in [-0.39, 0.29) is 21.5 Å². The summed E-state index contributed by atoms with van der Waals surface area (Å²) in [6, 6.07) is 16.6. The predicted octanol–water partition coefficient (Wildman–Crippen LogP) is 4.25. The third kappa shape index (κ3) is 6.27. The number of carbonyl (C=O) groups excluding carboxylic acids is 1. The maximum atomic E-state index is 12.7. The molecule has 0 saturated heterocycles. The first-order valence-corrected chi connectivity index (χ1v) is 11.4. The molecule has 0 fully saturated rings. The van der Waals surface area contributed by atoms with Crippen LogP contribution in [0.3, 0.4) is 0 Å². The summed E-state index contributed by atoms with van der Waals surface area (Å²) in [6.45, 7) is 3.80. The minimum Gasteiger partial charge on any atom is -0.473 e. The summed E-state index contributed by atoms with van der Waals surface area (Å²) in [5.74, 6) is -0.140. The van der Waals surface area contributed by atoms with Crippen molar-refractivity contribution in [1.82, 2.24) is 9.71 Å². The van der Waals surface area contributed by atoms with Gasteiger partial charge >= 0.3 is 0 Å². The van der Waals surface area contributed by atoms with Gasteiger partial charge in [0.25, 0.3) is 5.91 Å². The van der Waals surface area contributed by atoms with Crippen LogP contribution >= 0.6 is 11.6 Å². The van der Waals surface area contributed by atoms with E-state index in [4.69, 9.17) is 16.3 Å². The molecule has 3 aromatic rings. The lowest BCUT2D eigenvalue weighted by molar-refractivity contribution is 0.102. The molecule has 0 saturated carbocycles. The molecule has 1 amide bonds. The van der Waals surface area contributed by atoms with Gasteiger partial charge < -0.3 is 10.1 Å². The lowest BCUT2D eigenvalue weighted by Crippen LogP contribution is -2.30. The van der Waals surface area contributed by atoms with Crippen LogP contribution in [-0.2, 0) is 16.6 Å². The van der Waals surface area contributed by atoms with Crippen LogP contribution in [0.1, 0.15) is 29.8 Å². The zero-order valence-corrected chi connectivity index (χ0v) is 18.6. The molecule has 162 valence electrons. The van der Waals surface area contributed by atoms with Gasteiger partial charge in [0.1, 0.15) is 6.61 Å². The summed E-state index contributed by atoms with van der Waals surface area (Å²) < 4.78 is 32.9. The van der Waals surface area contributed by atoms with Crippen LogP contribution in [0.25, 0.3) is 0 Å². The Labute approximate surface area is 186 Å². The number of pyridine rings is 1. The second-order valence-electron chi connectivity index (χ2n) is 7.03. The van der Waals surface area contributed by atoms with Crippen molar-refractivity contribution in [3.63, 3.8) is 0 Å². The second-order valence-corrected chi connectivity index (χ2v) is 9.15. The molecule has 0 bridgehead atoms. The topological polar surface area (TPSA) is 97.4 Å². The summed E-state index contributed by atoms with van der Waals surface area (Å²) in [4.78, 5) is 16.8. The highest BCUT2D eigenvalue weighted by molar-refractivity contribution is 7.89. The lowest BCUT2D eigenvalue weighted by atomic mass is 10.2. The van der Waals surface area contributed by atoms with Gasteiger partial charge in [0.15, 0.2) is 0 Å². The number of nitrogens with zero attached hydrogens (tertiary/aromatic N) is 1. The molecule has 0 aliphatic rings. The van der Waals surface area contributed by atoms with E-state index in [2.05, 4.69) is 15.0 Å². The molecule has 7 nitrogen and oxygen atoms in total. The quantitative estimate of drug-likeness (QED) is 0.524. The molecule has 0 spiro atoms. The highest BCUT2D eigenvalue weighted by Gasteiger charge is 2.19. The Balaban J connectivity index is 1.69. The van der Waals surface area contributed by atoms with E-state index in [0.29, 0.717) is 18.2 Å². The Morgan fingerprint density at radius 1 is 1.10 bits per heavy atom. The second kappa shape index (κ2) is 9.91. The molecule has 3 rings (SSSR count). The van der Waals surface area contributed by atoms with Crippen LogP contribution in [0.2, 0.25) is 5.02 Å².